The normalized spacial score (nSPS) is 11.8. The molecule has 0 fully saturated rings. The summed E-state index contributed by atoms with van der Waals surface area (Å²) < 4.78 is 0. The van der Waals surface area contributed by atoms with Crippen LogP contribution in [0.4, 0.5) is 0 Å². The van der Waals surface area contributed by atoms with Gasteiger partial charge in [-0.15, -0.1) is 11.8 Å². The molecule has 0 N–H and O–H groups in total. The summed E-state index contributed by atoms with van der Waals surface area (Å²) in [7, 11) is 0. The summed E-state index contributed by atoms with van der Waals surface area (Å²) in [4.78, 5) is 3.25. The Kier molecular flexibility index (Phi) is 3.89. The van der Waals surface area contributed by atoms with E-state index in [4.69, 9.17) is 0 Å². The molecule has 12 heavy (non-hydrogen) atoms. The quantitative estimate of drug-likeness (QED) is 0.702. The van der Waals surface area contributed by atoms with Crippen molar-refractivity contribution in [1.82, 2.24) is 0 Å². The van der Waals surface area contributed by atoms with Crippen molar-refractivity contribution in [2.24, 2.45) is 0 Å². The van der Waals surface area contributed by atoms with Crippen molar-refractivity contribution in [2.75, 3.05) is 6.26 Å². The van der Waals surface area contributed by atoms with Gasteiger partial charge in [0.15, 0.2) is 0 Å². The minimum absolute atomic E-state index is 1.25. The zero-order valence-electron chi connectivity index (χ0n) is 7.17. The highest BCUT2D eigenvalue weighted by atomic mass is 79.9. The van der Waals surface area contributed by atoms with Crippen LogP contribution in [0, 0.1) is 0 Å². The molecular formula is C10H11BrS. The Morgan fingerprint density at radius 3 is 2.33 bits per heavy atom. The lowest BCUT2D eigenvalue weighted by molar-refractivity contribution is 1.43. The largest absolute Gasteiger partial charge is 0.130 e. The first-order chi connectivity index (χ1) is 5.77. The molecule has 0 spiro atoms. The lowest BCUT2D eigenvalue weighted by Crippen LogP contribution is -1.77. The molecule has 0 atom stereocenters. The Labute approximate surface area is 86.2 Å². The maximum atomic E-state index is 3.32. The summed E-state index contributed by atoms with van der Waals surface area (Å²) in [6, 6.07) is 8.55. The molecule has 1 aromatic rings. The molecule has 0 aliphatic rings. The molecule has 0 amide bonds. The summed E-state index contributed by atoms with van der Waals surface area (Å²) in [5.41, 5.74) is 2.52. The number of halogens is 1. The van der Waals surface area contributed by atoms with E-state index in [1.807, 2.05) is 4.99 Å². The average molecular weight is 243 g/mol. The van der Waals surface area contributed by atoms with Crippen LogP contribution in [-0.2, 0) is 0 Å². The van der Waals surface area contributed by atoms with E-state index >= 15 is 0 Å². The van der Waals surface area contributed by atoms with Crippen molar-refractivity contribution in [3.8, 4) is 0 Å². The Hall–Kier alpha value is -0.210. The van der Waals surface area contributed by atoms with Gasteiger partial charge in [-0.1, -0.05) is 28.1 Å². The van der Waals surface area contributed by atoms with E-state index < -0.39 is 0 Å². The van der Waals surface area contributed by atoms with Crippen molar-refractivity contribution in [3.05, 3.63) is 34.8 Å². The Morgan fingerprint density at radius 2 is 1.92 bits per heavy atom. The minimum atomic E-state index is 1.25. The molecule has 0 nitrogen and oxygen atoms in total. The van der Waals surface area contributed by atoms with Crippen LogP contribution in [0.5, 0.6) is 0 Å². The third kappa shape index (κ3) is 2.39. The number of allylic oxidation sites excluding steroid dienone is 1. The summed E-state index contributed by atoms with van der Waals surface area (Å²) in [5.74, 6) is 0. The van der Waals surface area contributed by atoms with Crippen LogP contribution in [0.1, 0.15) is 12.5 Å². The van der Waals surface area contributed by atoms with E-state index in [9.17, 15) is 0 Å². The van der Waals surface area contributed by atoms with E-state index in [1.165, 1.54) is 16.0 Å². The fourth-order valence-electron chi connectivity index (χ4n) is 0.917. The summed E-state index contributed by atoms with van der Waals surface area (Å²) in [6.45, 7) is 2.09. The van der Waals surface area contributed by atoms with Crippen LogP contribution >= 0.6 is 27.7 Å². The molecule has 1 aromatic carbocycles. The van der Waals surface area contributed by atoms with Crippen LogP contribution in [-0.4, -0.2) is 6.26 Å². The second-order valence-electron chi connectivity index (χ2n) is 2.52. The minimum Gasteiger partial charge on any atom is -0.130 e. The van der Waals surface area contributed by atoms with Crippen LogP contribution in [0.2, 0.25) is 0 Å². The molecule has 0 unspecified atom stereocenters. The first-order valence-corrected chi connectivity index (χ1v) is 5.83. The van der Waals surface area contributed by atoms with Gasteiger partial charge in [-0.3, -0.25) is 0 Å². The second-order valence-corrected chi connectivity index (χ2v) is 3.86. The van der Waals surface area contributed by atoms with Gasteiger partial charge in [0.2, 0.25) is 0 Å². The molecular weight excluding hydrogens is 232 g/mol. The first kappa shape index (κ1) is 9.87. The van der Waals surface area contributed by atoms with Gasteiger partial charge in [0, 0.05) is 4.90 Å². The van der Waals surface area contributed by atoms with Gasteiger partial charge < -0.3 is 0 Å². The molecule has 0 bridgehead atoms. The summed E-state index contributed by atoms with van der Waals surface area (Å²) in [5, 5.41) is 0. The van der Waals surface area contributed by atoms with Gasteiger partial charge in [0.25, 0.3) is 0 Å². The van der Waals surface area contributed by atoms with Crippen LogP contribution in [0.3, 0.4) is 0 Å². The second kappa shape index (κ2) is 4.73. The summed E-state index contributed by atoms with van der Waals surface area (Å²) in [6.07, 6.45) is 2.09. The molecule has 2 heteroatoms. The van der Waals surface area contributed by atoms with Gasteiger partial charge in [0.05, 0.1) is 0 Å². The predicted molar refractivity (Wildman–Crippen MR) is 60.8 cm³/mol. The molecule has 1 rings (SSSR count). The molecule has 0 saturated heterocycles. The fraction of sp³-hybridized carbons (Fsp3) is 0.200. The lowest BCUT2D eigenvalue weighted by atomic mass is 10.1. The molecule has 0 heterocycles. The monoisotopic (exact) mass is 242 g/mol. The average Bonchev–Trinajstić information content (AvgIpc) is 2.17. The molecule has 0 aliphatic heterocycles. The third-order valence-corrected chi connectivity index (χ3v) is 3.14. The van der Waals surface area contributed by atoms with Crippen molar-refractivity contribution in [1.29, 1.82) is 0 Å². The van der Waals surface area contributed by atoms with Crippen LogP contribution < -0.4 is 0 Å². The smallest absolute Gasteiger partial charge is 0.00695 e. The number of benzene rings is 1. The van der Waals surface area contributed by atoms with Gasteiger partial charge in [0.1, 0.15) is 0 Å². The molecule has 0 aromatic heterocycles. The van der Waals surface area contributed by atoms with Crippen molar-refractivity contribution in [3.63, 3.8) is 0 Å². The molecule has 64 valence electrons. The first-order valence-electron chi connectivity index (χ1n) is 3.69. The molecule has 0 radical (unpaired) electrons. The third-order valence-electron chi connectivity index (χ3n) is 1.71. The van der Waals surface area contributed by atoms with Crippen molar-refractivity contribution >= 4 is 33.3 Å². The number of hydrogen-bond acceptors (Lipinski definition) is 1. The number of hydrogen-bond donors (Lipinski definition) is 0. The maximum absolute atomic E-state index is 3.32. The molecule has 0 saturated carbocycles. The highest BCUT2D eigenvalue weighted by molar-refractivity contribution is 9.11. The fourth-order valence-corrected chi connectivity index (χ4v) is 1.59. The lowest BCUT2D eigenvalue weighted by Gasteiger charge is -2.00. The topological polar surface area (TPSA) is 0 Å². The van der Waals surface area contributed by atoms with Crippen LogP contribution in [0.25, 0.3) is 5.57 Å². The van der Waals surface area contributed by atoms with Crippen molar-refractivity contribution < 1.29 is 0 Å². The highest BCUT2D eigenvalue weighted by Crippen LogP contribution is 2.19. The Balaban J connectivity index is 2.92. The van der Waals surface area contributed by atoms with E-state index in [2.05, 4.69) is 53.4 Å². The predicted octanol–water partition coefficient (Wildman–Crippen LogP) is 4.16. The zero-order valence-corrected chi connectivity index (χ0v) is 9.58. The Bertz CT molecular complexity index is 274. The maximum Gasteiger partial charge on any atom is 0.00695 e. The molecule has 0 aliphatic carbocycles. The number of thioether (sulfide) groups is 1. The van der Waals surface area contributed by atoms with Gasteiger partial charge in [-0.25, -0.2) is 0 Å². The van der Waals surface area contributed by atoms with Crippen LogP contribution in [0.15, 0.2) is 34.1 Å². The summed E-state index contributed by atoms with van der Waals surface area (Å²) >= 11 is 5.09. The van der Waals surface area contributed by atoms with E-state index in [1.54, 1.807) is 11.8 Å². The van der Waals surface area contributed by atoms with Gasteiger partial charge in [-0.2, -0.15) is 0 Å². The Morgan fingerprint density at radius 1 is 1.33 bits per heavy atom. The standard InChI is InChI=1S/C10H11BrS/c1-8(7-11)9-3-5-10(12-2)6-4-9/h3-7H,1-2H3. The van der Waals surface area contributed by atoms with E-state index in [0.717, 1.165) is 0 Å². The highest BCUT2D eigenvalue weighted by Gasteiger charge is 1.94. The van der Waals surface area contributed by atoms with Crippen molar-refractivity contribution in [2.45, 2.75) is 11.8 Å². The van der Waals surface area contributed by atoms with E-state index in [0.29, 0.717) is 0 Å². The van der Waals surface area contributed by atoms with Gasteiger partial charge >= 0.3 is 0 Å². The van der Waals surface area contributed by atoms with E-state index in [-0.39, 0.29) is 0 Å². The number of rotatable bonds is 2. The SMILES string of the molecule is CSc1ccc(C(C)=CBr)cc1. The zero-order chi connectivity index (χ0) is 8.97. The van der Waals surface area contributed by atoms with Gasteiger partial charge in [-0.05, 0) is 41.4 Å².